The second kappa shape index (κ2) is 10.7. The van der Waals surface area contributed by atoms with Gasteiger partial charge in [0.05, 0.1) is 19.3 Å². The van der Waals surface area contributed by atoms with E-state index in [4.69, 9.17) is 9.05 Å². The van der Waals surface area contributed by atoms with Crippen molar-refractivity contribution in [3.05, 3.63) is 71.8 Å². The number of aliphatic carboxylic acids is 1. The molecule has 1 aliphatic heterocycles. The fourth-order valence-electron chi connectivity index (χ4n) is 3.41. The number of rotatable bonds is 10. The van der Waals surface area contributed by atoms with Crippen LogP contribution >= 0.6 is 7.75 Å². The largest absolute Gasteiger partial charge is 0.480 e. The van der Waals surface area contributed by atoms with Crippen LogP contribution < -0.4 is 5.09 Å². The van der Waals surface area contributed by atoms with E-state index in [0.29, 0.717) is 19.4 Å². The van der Waals surface area contributed by atoms with Crippen LogP contribution in [0.5, 0.6) is 0 Å². The zero-order valence-corrected chi connectivity index (χ0v) is 18.2. The van der Waals surface area contributed by atoms with Gasteiger partial charge in [-0.05, 0) is 30.9 Å². The summed E-state index contributed by atoms with van der Waals surface area (Å²) >= 11 is 0. The van der Waals surface area contributed by atoms with E-state index in [9.17, 15) is 19.3 Å². The van der Waals surface area contributed by atoms with E-state index < -0.39 is 31.7 Å². The highest BCUT2D eigenvalue weighted by Crippen LogP contribution is 2.46. The maximum absolute atomic E-state index is 13.5. The first-order valence-electron chi connectivity index (χ1n) is 10.2. The maximum atomic E-state index is 13.5. The summed E-state index contributed by atoms with van der Waals surface area (Å²) < 4.78 is 24.7. The van der Waals surface area contributed by atoms with Gasteiger partial charge in [-0.2, -0.15) is 0 Å². The number of hydrogen-bond donors (Lipinski definition) is 2. The van der Waals surface area contributed by atoms with Crippen molar-refractivity contribution in [2.75, 3.05) is 6.54 Å². The van der Waals surface area contributed by atoms with Gasteiger partial charge in [0.15, 0.2) is 0 Å². The highest BCUT2D eigenvalue weighted by atomic mass is 31.2. The summed E-state index contributed by atoms with van der Waals surface area (Å²) in [5.41, 5.74) is 1.61. The minimum absolute atomic E-state index is 0.0300. The summed E-state index contributed by atoms with van der Waals surface area (Å²) in [6, 6.07) is 16.6. The second-order valence-electron chi connectivity index (χ2n) is 7.39. The lowest BCUT2D eigenvalue weighted by molar-refractivity contribution is -0.148. The van der Waals surface area contributed by atoms with Gasteiger partial charge in [0.1, 0.15) is 6.04 Å². The molecule has 2 aromatic carbocycles. The van der Waals surface area contributed by atoms with Gasteiger partial charge in [-0.1, -0.05) is 60.7 Å². The maximum Gasteiger partial charge on any atom is 0.406 e. The number of carbonyl (C=O) groups excluding carboxylic acids is 1. The quantitative estimate of drug-likeness (QED) is 0.538. The first-order valence-corrected chi connectivity index (χ1v) is 11.7. The Kier molecular flexibility index (Phi) is 7.98. The molecule has 9 heteroatoms. The standard InChI is InChI=1S/C22H27N2O6P/c1-17(21(25)24-14-8-13-20(24)22(26)27)23-31(28,29-15-18-9-4-2-5-10-18)30-16-19-11-6-3-7-12-19/h2-7,9-12,17,20H,8,13-16H2,1H3,(H,23,28)(H,26,27)/t17-,20-/m0/s1. The zero-order chi connectivity index (χ0) is 22.3. The SMILES string of the molecule is C[C@H](NP(=O)(OCc1ccccc1)OCc1ccccc1)C(=O)N1CCC[C@H]1C(=O)O. The smallest absolute Gasteiger partial charge is 0.406 e. The Morgan fingerprint density at radius 1 is 1.06 bits per heavy atom. The molecule has 0 aromatic heterocycles. The second-order valence-corrected chi connectivity index (χ2v) is 9.16. The van der Waals surface area contributed by atoms with Gasteiger partial charge >= 0.3 is 13.7 Å². The molecule has 8 nitrogen and oxygen atoms in total. The van der Waals surface area contributed by atoms with E-state index in [-0.39, 0.29) is 13.2 Å². The number of hydrogen-bond acceptors (Lipinski definition) is 5. The number of likely N-dealkylation sites (tertiary alicyclic amines) is 1. The number of nitrogens with zero attached hydrogens (tertiary/aromatic N) is 1. The van der Waals surface area contributed by atoms with Crippen molar-refractivity contribution in [1.82, 2.24) is 9.99 Å². The third kappa shape index (κ3) is 6.48. The van der Waals surface area contributed by atoms with Crippen molar-refractivity contribution < 1.29 is 28.3 Å². The van der Waals surface area contributed by atoms with Crippen molar-refractivity contribution in [2.24, 2.45) is 0 Å². The predicted molar refractivity (Wildman–Crippen MR) is 115 cm³/mol. The highest BCUT2D eigenvalue weighted by molar-refractivity contribution is 7.51. The summed E-state index contributed by atoms with van der Waals surface area (Å²) in [5.74, 6) is -1.49. The number of carboxylic acid groups (broad SMARTS) is 1. The van der Waals surface area contributed by atoms with Crippen molar-refractivity contribution in [2.45, 2.75) is 45.1 Å². The summed E-state index contributed by atoms with van der Waals surface area (Å²) in [5, 5.41) is 12.0. The Morgan fingerprint density at radius 3 is 2.06 bits per heavy atom. The van der Waals surface area contributed by atoms with Crippen LogP contribution in [0.1, 0.15) is 30.9 Å². The van der Waals surface area contributed by atoms with Crippen LogP contribution in [-0.4, -0.2) is 40.5 Å². The summed E-state index contributed by atoms with van der Waals surface area (Å²) in [6.07, 6.45) is 1.02. The third-order valence-corrected chi connectivity index (χ3v) is 6.67. The molecule has 1 saturated heterocycles. The van der Waals surface area contributed by atoms with Crippen LogP contribution in [0.4, 0.5) is 0 Å². The molecule has 0 unspecified atom stereocenters. The van der Waals surface area contributed by atoms with Crippen molar-refractivity contribution in [3.8, 4) is 0 Å². The van der Waals surface area contributed by atoms with Crippen molar-refractivity contribution >= 4 is 19.6 Å². The van der Waals surface area contributed by atoms with Gasteiger partial charge in [-0.25, -0.2) is 14.4 Å². The van der Waals surface area contributed by atoms with Crippen LogP contribution in [0.15, 0.2) is 60.7 Å². The van der Waals surface area contributed by atoms with Crippen LogP contribution in [-0.2, 0) is 36.4 Å². The van der Waals surface area contributed by atoms with Crippen LogP contribution in [0.25, 0.3) is 0 Å². The average Bonchev–Trinajstić information content (AvgIpc) is 3.28. The highest BCUT2D eigenvalue weighted by Gasteiger charge is 2.38. The van der Waals surface area contributed by atoms with Crippen molar-refractivity contribution in [3.63, 3.8) is 0 Å². The fraction of sp³-hybridized carbons (Fsp3) is 0.364. The summed E-state index contributed by atoms with van der Waals surface area (Å²) in [6.45, 7) is 1.94. The molecule has 2 aromatic rings. The van der Waals surface area contributed by atoms with Gasteiger partial charge in [0.25, 0.3) is 0 Å². The van der Waals surface area contributed by atoms with Crippen LogP contribution in [0.3, 0.4) is 0 Å². The molecule has 2 atom stereocenters. The Labute approximate surface area is 181 Å². The number of carbonyl (C=O) groups is 2. The van der Waals surface area contributed by atoms with Gasteiger partial charge in [-0.3, -0.25) is 13.8 Å². The fourth-order valence-corrected chi connectivity index (χ4v) is 4.85. The lowest BCUT2D eigenvalue weighted by Gasteiger charge is -2.28. The van der Waals surface area contributed by atoms with Crippen LogP contribution in [0.2, 0.25) is 0 Å². The normalized spacial score (nSPS) is 17.5. The molecule has 0 bridgehead atoms. The first kappa shape index (κ1) is 23.2. The third-order valence-electron chi connectivity index (χ3n) is 5.03. The average molecular weight is 446 g/mol. The van der Waals surface area contributed by atoms with Gasteiger partial charge in [0.2, 0.25) is 5.91 Å². The minimum atomic E-state index is -3.89. The molecule has 31 heavy (non-hydrogen) atoms. The molecule has 0 spiro atoms. The Hall–Kier alpha value is -2.51. The Morgan fingerprint density at radius 2 is 1.58 bits per heavy atom. The molecule has 0 aliphatic carbocycles. The number of carboxylic acids is 1. The molecule has 2 N–H and O–H groups in total. The van der Waals surface area contributed by atoms with Gasteiger partial charge in [0, 0.05) is 6.54 Å². The van der Waals surface area contributed by atoms with E-state index >= 15 is 0 Å². The van der Waals surface area contributed by atoms with E-state index in [1.165, 1.54) is 11.8 Å². The number of amides is 1. The number of benzene rings is 2. The molecule has 166 valence electrons. The Balaban J connectivity index is 1.70. The lowest BCUT2D eigenvalue weighted by Crippen LogP contribution is -2.48. The summed E-state index contributed by atoms with van der Waals surface area (Å²) in [4.78, 5) is 25.6. The Bertz CT molecular complexity index is 877. The number of nitrogens with one attached hydrogen (secondary N) is 1. The predicted octanol–water partition coefficient (Wildman–Crippen LogP) is 3.58. The topological polar surface area (TPSA) is 105 Å². The molecular weight excluding hydrogens is 419 g/mol. The van der Waals surface area contributed by atoms with E-state index in [2.05, 4.69) is 5.09 Å². The van der Waals surface area contributed by atoms with Gasteiger partial charge < -0.3 is 10.0 Å². The molecular formula is C22H27N2O6P. The molecule has 1 fully saturated rings. The van der Waals surface area contributed by atoms with E-state index in [0.717, 1.165) is 11.1 Å². The molecule has 1 amide bonds. The monoisotopic (exact) mass is 446 g/mol. The molecule has 1 heterocycles. The molecule has 3 rings (SSSR count). The minimum Gasteiger partial charge on any atom is -0.480 e. The summed E-state index contributed by atoms with van der Waals surface area (Å²) in [7, 11) is -3.89. The molecule has 0 saturated carbocycles. The molecule has 0 radical (unpaired) electrons. The van der Waals surface area contributed by atoms with Crippen LogP contribution in [0, 0.1) is 0 Å². The first-order chi connectivity index (χ1) is 14.9. The van der Waals surface area contributed by atoms with E-state index in [1.54, 1.807) is 0 Å². The lowest BCUT2D eigenvalue weighted by atomic mass is 10.2. The van der Waals surface area contributed by atoms with E-state index in [1.807, 2.05) is 60.7 Å². The zero-order valence-electron chi connectivity index (χ0n) is 17.3. The van der Waals surface area contributed by atoms with Crippen molar-refractivity contribution in [1.29, 1.82) is 0 Å². The molecule has 1 aliphatic rings. The van der Waals surface area contributed by atoms with Gasteiger partial charge in [-0.15, -0.1) is 0 Å².